The van der Waals surface area contributed by atoms with Crippen molar-refractivity contribution >= 4 is 11.4 Å². The van der Waals surface area contributed by atoms with Gasteiger partial charge in [-0.3, -0.25) is 0 Å². The molecule has 21 heavy (non-hydrogen) atoms. The Kier molecular flexibility index (Phi) is 5.51. The van der Waals surface area contributed by atoms with Gasteiger partial charge in [-0.15, -0.1) is 0 Å². The van der Waals surface area contributed by atoms with Gasteiger partial charge in [-0.25, -0.2) is 0 Å². The standard InChI is InChI=1S/C18H31N3/c1-6-20(7-2)16-8-10-17(11-9-16)21-13-18(14(3)4)19-12-15(21)5/h8-11,14-15,18-19H,6-7,12-13H2,1-5H3. The van der Waals surface area contributed by atoms with Gasteiger partial charge in [-0.05, 0) is 51.0 Å². The summed E-state index contributed by atoms with van der Waals surface area (Å²) in [5, 5.41) is 3.67. The van der Waals surface area contributed by atoms with Crippen LogP contribution < -0.4 is 15.1 Å². The summed E-state index contributed by atoms with van der Waals surface area (Å²) in [6.07, 6.45) is 0. The van der Waals surface area contributed by atoms with Crippen LogP contribution in [0, 0.1) is 5.92 Å². The number of nitrogens with zero attached hydrogens (tertiary/aromatic N) is 2. The molecule has 3 nitrogen and oxygen atoms in total. The lowest BCUT2D eigenvalue weighted by atomic mass is 9.99. The van der Waals surface area contributed by atoms with Gasteiger partial charge in [0.15, 0.2) is 0 Å². The summed E-state index contributed by atoms with van der Waals surface area (Å²) in [5.74, 6) is 0.676. The predicted octanol–water partition coefficient (Wildman–Crippen LogP) is 3.36. The Morgan fingerprint density at radius 1 is 1.19 bits per heavy atom. The van der Waals surface area contributed by atoms with Crippen molar-refractivity contribution in [1.29, 1.82) is 0 Å². The molecule has 0 amide bonds. The Labute approximate surface area is 130 Å². The van der Waals surface area contributed by atoms with E-state index < -0.39 is 0 Å². The Bertz CT molecular complexity index is 423. The van der Waals surface area contributed by atoms with Gasteiger partial charge in [-0.1, -0.05) is 13.8 Å². The van der Waals surface area contributed by atoms with Crippen molar-refractivity contribution in [3.05, 3.63) is 24.3 Å². The van der Waals surface area contributed by atoms with Crippen molar-refractivity contribution in [1.82, 2.24) is 5.32 Å². The molecule has 0 spiro atoms. The quantitative estimate of drug-likeness (QED) is 0.897. The molecular formula is C18H31N3. The number of rotatable bonds is 5. The minimum atomic E-state index is 0.555. The van der Waals surface area contributed by atoms with Crippen molar-refractivity contribution in [2.75, 3.05) is 36.0 Å². The Morgan fingerprint density at radius 2 is 1.81 bits per heavy atom. The van der Waals surface area contributed by atoms with E-state index in [-0.39, 0.29) is 0 Å². The summed E-state index contributed by atoms with van der Waals surface area (Å²) in [4.78, 5) is 4.94. The van der Waals surface area contributed by atoms with Gasteiger partial charge in [-0.2, -0.15) is 0 Å². The fourth-order valence-corrected chi connectivity index (χ4v) is 3.14. The van der Waals surface area contributed by atoms with Crippen LogP contribution in [0.3, 0.4) is 0 Å². The van der Waals surface area contributed by atoms with Crippen LogP contribution >= 0.6 is 0 Å². The zero-order valence-corrected chi connectivity index (χ0v) is 14.3. The fourth-order valence-electron chi connectivity index (χ4n) is 3.14. The van der Waals surface area contributed by atoms with Crippen molar-refractivity contribution in [2.45, 2.75) is 46.7 Å². The number of hydrogen-bond acceptors (Lipinski definition) is 3. The van der Waals surface area contributed by atoms with Crippen LogP contribution in [0.4, 0.5) is 11.4 Å². The molecule has 1 aliphatic rings. The molecule has 1 N–H and O–H groups in total. The monoisotopic (exact) mass is 289 g/mol. The Morgan fingerprint density at radius 3 is 2.33 bits per heavy atom. The van der Waals surface area contributed by atoms with Crippen molar-refractivity contribution in [3.8, 4) is 0 Å². The molecule has 0 aliphatic carbocycles. The number of piperazine rings is 1. The third kappa shape index (κ3) is 3.70. The lowest BCUT2D eigenvalue weighted by Crippen LogP contribution is -2.57. The maximum atomic E-state index is 3.67. The van der Waals surface area contributed by atoms with E-state index in [0.29, 0.717) is 18.0 Å². The maximum Gasteiger partial charge on any atom is 0.0387 e. The highest BCUT2D eigenvalue weighted by atomic mass is 15.2. The topological polar surface area (TPSA) is 18.5 Å². The minimum Gasteiger partial charge on any atom is -0.372 e. The summed E-state index contributed by atoms with van der Waals surface area (Å²) >= 11 is 0. The van der Waals surface area contributed by atoms with Crippen molar-refractivity contribution in [2.24, 2.45) is 5.92 Å². The minimum absolute atomic E-state index is 0.555. The molecule has 1 saturated heterocycles. The number of benzene rings is 1. The van der Waals surface area contributed by atoms with E-state index in [1.165, 1.54) is 11.4 Å². The van der Waals surface area contributed by atoms with E-state index in [9.17, 15) is 0 Å². The van der Waals surface area contributed by atoms with E-state index in [0.717, 1.165) is 26.2 Å². The van der Waals surface area contributed by atoms with Crippen LogP contribution in [0.2, 0.25) is 0 Å². The Hall–Kier alpha value is -1.22. The van der Waals surface area contributed by atoms with E-state index in [1.807, 2.05) is 0 Å². The smallest absolute Gasteiger partial charge is 0.0387 e. The molecule has 1 aromatic rings. The molecule has 0 radical (unpaired) electrons. The van der Waals surface area contributed by atoms with Crippen molar-refractivity contribution < 1.29 is 0 Å². The number of hydrogen-bond donors (Lipinski definition) is 1. The highest BCUT2D eigenvalue weighted by molar-refractivity contribution is 5.57. The summed E-state index contributed by atoms with van der Waals surface area (Å²) in [6, 6.07) is 10.2. The van der Waals surface area contributed by atoms with Gasteiger partial charge in [0, 0.05) is 49.6 Å². The summed E-state index contributed by atoms with van der Waals surface area (Å²) < 4.78 is 0. The number of nitrogens with one attached hydrogen (secondary N) is 1. The van der Waals surface area contributed by atoms with Crippen molar-refractivity contribution in [3.63, 3.8) is 0 Å². The average Bonchev–Trinajstić information content (AvgIpc) is 2.49. The summed E-state index contributed by atoms with van der Waals surface area (Å²) in [6.45, 7) is 15.6. The van der Waals surface area contributed by atoms with Crippen LogP contribution in [-0.4, -0.2) is 38.3 Å². The van der Waals surface area contributed by atoms with Crippen LogP contribution in [0.15, 0.2) is 24.3 Å². The molecule has 0 aromatic heterocycles. The molecule has 1 fully saturated rings. The van der Waals surface area contributed by atoms with Gasteiger partial charge >= 0.3 is 0 Å². The molecule has 2 unspecified atom stereocenters. The largest absolute Gasteiger partial charge is 0.372 e. The van der Waals surface area contributed by atoms with Gasteiger partial charge < -0.3 is 15.1 Å². The lowest BCUT2D eigenvalue weighted by Gasteiger charge is -2.42. The molecule has 1 heterocycles. The van der Waals surface area contributed by atoms with E-state index in [4.69, 9.17) is 0 Å². The summed E-state index contributed by atoms with van der Waals surface area (Å²) in [5.41, 5.74) is 2.68. The molecule has 3 heteroatoms. The van der Waals surface area contributed by atoms with Crippen LogP contribution in [0.5, 0.6) is 0 Å². The highest BCUT2D eigenvalue weighted by Gasteiger charge is 2.26. The maximum absolute atomic E-state index is 3.67. The van der Waals surface area contributed by atoms with Crippen LogP contribution in [-0.2, 0) is 0 Å². The second kappa shape index (κ2) is 7.17. The van der Waals surface area contributed by atoms with Crippen LogP contribution in [0.25, 0.3) is 0 Å². The average molecular weight is 289 g/mol. The SMILES string of the molecule is CCN(CC)c1ccc(N2CC(C(C)C)NCC2C)cc1. The molecule has 0 bridgehead atoms. The zero-order chi connectivity index (χ0) is 15.4. The van der Waals surface area contributed by atoms with E-state index >= 15 is 0 Å². The predicted molar refractivity (Wildman–Crippen MR) is 93.4 cm³/mol. The lowest BCUT2D eigenvalue weighted by molar-refractivity contribution is 0.337. The zero-order valence-electron chi connectivity index (χ0n) is 14.3. The normalized spacial score (nSPS) is 22.7. The second-order valence-corrected chi connectivity index (χ2v) is 6.45. The molecule has 1 aliphatic heterocycles. The van der Waals surface area contributed by atoms with Gasteiger partial charge in [0.2, 0.25) is 0 Å². The second-order valence-electron chi connectivity index (χ2n) is 6.45. The van der Waals surface area contributed by atoms with Gasteiger partial charge in [0.25, 0.3) is 0 Å². The first-order valence-corrected chi connectivity index (χ1v) is 8.41. The third-order valence-electron chi connectivity index (χ3n) is 4.72. The summed E-state index contributed by atoms with van der Waals surface area (Å²) in [7, 11) is 0. The van der Waals surface area contributed by atoms with E-state index in [1.54, 1.807) is 0 Å². The fraction of sp³-hybridized carbons (Fsp3) is 0.667. The van der Waals surface area contributed by atoms with Gasteiger partial charge in [0.1, 0.15) is 0 Å². The van der Waals surface area contributed by atoms with Crippen LogP contribution in [0.1, 0.15) is 34.6 Å². The number of anilines is 2. The molecule has 1 aromatic carbocycles. The first kappa shape index (κ1) is 16.2. The molecule has 118 valence electrons. The third-order valence-corrected chi connectivity index (χ3v) is 4.72. The molecule has 2 atom stereocenters. The first-order chi connectivity index (χ1) is 10.1. The molecular weight excluding hydrogens is 258 g/mol. The van der Waals surface area contributed by atoms with Gasteiger partial charge in [0.05, 0.1) is 0 Å². The molecule has 2 rings (SSSR count). The van der Waals surface area contributed by atoms with E-state index in [2.05, 4.69) is 74.0 Å². The highest BCUT2D eigenvalue weighted by Crippen LogP contribution is 2.25. The Balaban J connectivity index is 2.13. The molecule has 0 saturated carbocycles. The first-order valence-electron chi connectivity index (χ1n) is 8.41.